The van der Waals surface area contributed by atoms with Crippen LogP contribution in [0.4, 0.5) is 28.7 Å². The van der Waals surface area contributed by atoms with Gasteiger partial charge in [0.05, 0.1) is 4.92 Å². The maximum absolute atomic E-state index is 11.3. The van der Waals surface area contributed by atoms with Crippen LogP contribution in [-0.4, -0.2) is 29.0 Å². The highest BCUT2D eigenvalue weighted by molar-refractivity contribution is 5.69. The summed E-state index contributed by atoms with van der Waals surface area (Å²) in [5.74, 6) is 0.914. The van der Waals surface area contributed by atoms with Crippen LogP contribution >= 0.6 is 0 Å². The van der Waals surface area contributed by atoms with Gasteiger partial charge in [-0.25, -0.2) is 4.98 Å². The Bertz CT molecular complexity index is 743. The van der Waals surface area contributed by atoms with Gasteiger partial charge in [-0.2, -0.15) is 0 Å². The Labute approximate surface area is 139 Å². The second-order valence-corrected chi connectivity index (χ2v) is 5.87. The minimum absolute atomic E-state index is 0.0742. The van der Waals surface area contributed by atoms with E-state index in [9.17, 15) is 10.1 Å². The second-order valence-electron chi connectivity index (χ2n) is 5.87. The maximum atomic E-state index is 11.3. The van der Waals surface area contributed by atoms with Gasteiger partial charge in [-0.3, -0.25) is 10.1 Å². The Balaban J connectivity index is 1.90. The van der Waals surface area contributed by atoms with E-state index in [4.69, 9.17) is 11.5 Å². The molecule has 1 fully saturated rings. The molecule has 126 valence electrons. The molecule has 1 saturated heterocycles. The molecule has 3 rings (SSSR count). The van der Waals surface area contributed by atoms with Gasteiger partial charge in [0.1, 0.15) is 5.82 Å². The Morgan fingerprint density at radius 2 is 2.00 bits per heavy atom. The van der Waals surface area contributed by atoms with Crippen LogP contribution in [0.25, 0.3) is 0 Å². The third kappa shape index (κ3) is 3.54. The molecule has 1 aliphatic heterocycles. The van der Waals surface area contributed by atoms with Gasteiger partial charge in [0.2, 0.25) is 5.82 Å². The number of rotatable bonds is 4. The zero-order valence-corrected chi connectivity index (χ0v) is 13.2. The average molecular weight is 328 g/mol. The number of nitrogens with two attached hydrogens (primary N) is 2. The number of nitro groups is 1. The van der Waals surface area contributed by atoms with E-state index in [0.29, 0.717) is 17.2 Å². The molecule has 0 spiro atoms. The van der Waals surface area contributed by atoms with Crippen molar-refractivity contribution in [3.8, 4) is 0 Å². The smallest absolute Gasteiger partial charge is 0.311 e. The summed E-state index contributed by atoms with van der Waals surface area (Å²) in [6, 6.07) is 10.4. The monoisotopic (exact) mass is 328 g/mol. The first-order chi connectivity index (χ1) is 11.5. The summed E-state index contributed by atoms with van der Waals surface area (Å²) in [5, 5.41) is 14.3. The molecule has 0 amide bonds. The van der Waals surface area contributed by atoms with Gasteiger partial charge in [0.25, 0.3) is 0 Å². The van der Waals surface area contributed by atoms with E-state index in [1.807, 2.05) is 0 Å². The van der Waals surface area contributed by atoms with E-state index in [0.717, 1.165) is 25.9 Å². The summed E-state index contributed by atoms with van der Waals surface area (Å²) in [6.07, 6.45) is 1.77. The third-order valence-electron chi connectivity index (χ3n) is 4.07. The van der Waals surface area contributed by atoms with Crippen molar-refractivity contribution in [1.29, 1.82) is 0 Å². The number of nitrogens with zero attached hydrogens (tertiary/aromatic N) is 3. The van der Waals surface area contributed by atoms with Crippen molar-refractivity contribution >= 4 is 28.7 Å². The second kappa shape index (κ2) is 6.71. The summed E-state index contributed by atoms with van der Waals surface area (Å²) in [6.45, 7) is 1.59. The van der Waals surface area contributed by atoms with Gasteiger partial charge in [-0.05, 0) is 37.1 Å². The fourth-order valence-electron chi connectivity index (χ4n) is 2.74. The molecule has 1 aromatic carbocycles. The lowest BCUT2D eigenvalue weighted by Crippen LogP contribution is -2.40. The number of anilines is 4. The van der Waals surface area contributed by atoms with Crippen molar-refractivity contribution in [2.75, 3.05) is 29.0 Å². The fraction of sp³-hybridized carbons (Fsp3) is 0.312. The summed E-state index contributed by atoms with van der Waals surface area (Å²) >= 11 is 0. The minimum Gasteiger partial charge on any atom is -0.399 e. The molecule has 8 heteroatoms. The largest absolute Gasteiger partial charge is 0.399 e. The van der Waals surface area contributed by atoms with Gasteiger partial charge in [0.15, 0.2) is 0 Å². The molecular weight excluding hydrogens is 308 g/mol. The Hall–Kier alpha value is -2.87. The molecule has 0 atom stereocenters. The highest BCUT2D eigenvalue weighted by Crippen LogP contribution is 2.29. The maximum Gasteiger partial charge on any atom is 0.311 e. The molecule has 0 radical (unpaired) electrons. The SMILES string of the molecule is Nc1cccc(Nc2nc(N3CCC(N)CC3)ccc2[N+](=O)[O-])c1. The molecule has 1 aliphatic rings. The van der Waals surface area contributed by atoms with Crippen molar-refractivity contribution in [2.45, 2.75) is 18.9 Å². The van der Waals surface area contributed by atoms with E-state index in [1.165, 1.54) is 6.07 Å². The fourth-order valence-corrected chi connectivity index (χ4v) is 2.74. The molecule has 2 heterocycles. The molecule has 1 aromatic heterocycles. The molecule has 5 N–H and O–H groups in total. The van der Waals surface area contributed by atoms with Crippen LogP contribution in [0.1, 0.15) is 12.8 Å². The molecule has 0 saturated carbocycles. The Morgan fingerprint density at radius 1 is 1.25 bits per heavy atom. The van der Waals surface area contributed by atoms with Crippen molar-refractivity contribution < 1.29 is 4.92 Å². The van der Waals surface area contributed by atoms with Crippen LogP contribution in [0.2, 0.25) is 0 Å². The van der Waals surface area contributed by atoms with E-state index < -0.39 is 4.92 Å². The first-order valence-corrected chi connectivity index (χ1v) is 7.81. The lowest BCUT2D eigenvalue weighted by atomic mass is 10.1. The van der Waals surface area contributed by atoms with Crippen molar-refractivity contribution in [3.63, 3.8) is 0 Å². The first-order valence-electron chi connectivity index (χ1n) is 7.81. The lowest BCUT2D eigenvalue weighted by Gasteiger charge is -2.31. The van der Waals surface area contributed by atoms with Crippen molar-refractivity contribution in [3.05, 3.63) is 46.5 Å². The number of hydrogen-bond donors (Lipinski definition) is 3. The molecular formula is C16H20N6O2. The summed E-state index contributed by atoms with van der Waals surface area (Å²) < 4.78 is 0. The van der Waals surface area contributed by atoms with E-state index >= 15 is 0 Å². The summed E-state index contributed by atoms with van der Waals surface area (Å²) in [4.78, 5) is 17.4. The normalized spacial score (nSPS) is 15.3. The molecule has 0 unspecified atom stereocenters. The number of hydrogen-bond acceptors (Lipinski definition) is 7. The zero-order valence-electron chi connectivity index (χ0n) is 13.2. The average Bonchev–Trinajstić information content (AvgIpc) is 2.55. The van der Waals surface area contributed by atoms with Crippen LogP contribution in [-0.2, 0) is 0 Å². The number of pyridine rings is 1. The molecule has 0 bridgehead atoms. The predicted octanol–water partition coefficient (Wildman–Crippen LogP) is 2.24. The summed E-state index contributed by atoms with van der Waals surface area (Å²) in [7, 11) is 0. The summed E-state index contributed by atoms with van der Waals surface area (Å²) in [5.41, 5.74) is 12.8. The number of nitrogens with one attached hydrogen (secondary N) is 1. The van der Waals surface area contributed by atoms with Crippen molar-refractivity contribution in [1.82, 2.24) is 4.98 Å². The topological polar surface area (TPSA) is 123 Å². The van der Waals surface area contributed by atoms with Gasteiger partial charge in [-0.15, -0.1) is 0 Å². The van der Waals surface area contributed by atoms with Crippen LogP contribution in [0.3, 0.4) is 0 Å². The van der Waals surface area contributed by atoms with E-state index in [-0.39, 0.29) is 17.5 Å². The van der Waals surface area contributed by atoms with Gasteiger partial charge in [0, 0.05) is 36.6 Å². The zero-order chi connectivity index (χ0) is 17.1. The minimum atomic E-state index is -0.447. The third-order valence-corrected chi connectivity index (χ3v) is 4.07. The lowest BCUT2D eigenvalue weighted by molar-refractivity contribution is -0.384. The van der Waals surface area contributed by atoms with Crippen LogP contribution in [0.15, 0.2) is 36.4 Å². The Morgan fingerprint density at radius 3 is 2.67 bits per heavy atom. The Kier molecular flexibility index (Phi) is 4.48. The number of aromatic nitrogens is 1. The van der Waals surface area contributed by atoms with Gasteiger partial charge < -0.3 is 21.7 Å². The van der Waals surface area contributed by atoms with Gasteiger partial charge in [-0.1, -0.05) is 6.07 Å². The van der Waals surface area contributed by atoms with Crippen molar-refractivity contribution in [2.24, 2.45) is 5.73 Å². The van der Waals surface area contributed by atoms with E-state index in [2.05, 4.69) is 15.2 Å². The molecule has 0 aliphatic carbocycles. The number of piperidine rings is 1. The molecule has 24 heavy (non-hydrogen) atoms. The standard InChI is InChI=1S/C16H20N6O2/c17-11-6-8-21(9-7-11)15-5-4-14(22(23)24)16(20-15)19-13-3-1-2-12(18)10-13/h1-5,10-11H,6-9,17-18H2,(H,19,20). The van der Waals surface area contributed by atoms with E-state index in [1.54, 1.807) is 30.3 Å². The van der Waals surface area contributed by atoms with Crippen LogP contribution < -0.4 is 21.7 Å². The van der Waals surface area contributed by atoms with Crippen LogP contribution in [0, 0.1) is 10.1 Å². The predicted molar refractivity (Wildman–Crippen MR) is 94.5 cm³/mol. The molecule has 8 nitrogen and oxygen atoms in total. The van der Waals surface area contributed by atoms with Crippen LogP contribution in [0.5, 0.6) is 0 Å². The number of benzene rings is 1. The highest BCUT2D eigenvalue weighted by atomic mass is 16.6. The quantitative estimate of drug-likeness (QED) is 0.446. The highest BCUT2D eigenvalue weighted by Gasteiger charge is 2.21. The first kappa shape index (κ1) is 16.0. The van der Waals surface area contributed by atoms with Gasteiger partial charge >= 0.3 is 5.69 Å². The number of nitrogen functional groups attached to an aromatic ring is 1. The molecule has 2 aromatic rings.